The molecule has 1 aliphatic heterocycles. The van der Waals surface area contributed by atoms with Gasteiger partial charge in [0.25, 0.3) is 0 Å². The molecule has 1 aromatic heterocycles. The summed E-state index contributed by atoms with van der Waals surface area (Å²) in [5, 5.41) is 0. The van der Waals surface area contributed by atoms with E-state index in [4.69, 9.17) is 9.47 Å². The van der Waals surface area contributed by atoms with E-state index in [1.165, 1.54) is 0 Å². The fraction of sp³-hybridized carbons (Fsp3) is 0.600. The Morgan fingerprint density at radius 3 is 2.93 bits per heavy atom. The lowest BCUT2D eigenvalue weighted by atomic mass is 10.00. The summed E-state index contributed by atoms with van der Waals surface area (Å²) in [5.74, 6) is 0.328. The molecule has 0 aromatic carbocycles. The van der Waals surface area contributed by atoms with Gasteiger partial charge < -0.3 is 9.47 Å². The van der Waals surface area contributed by atoms with Gasteiger partial charge in [0, 0.05) is 11.5 Å². The zero-order valence-corrected chi connectivity index (χ0v) is 8.70. The van der Waals surface area contributed by atoms with Crippen LogP contribution < -0.4 is 4.74 Å². The second kappa shape index (κ2) is 3.53. The minimum Gasteiger partial charge on any atom is -0.467 e. The Hall–Kier alpha value is -1.16. The summed E-state index contributed by atoms with van der Waals surface area (Å²) in [5.41, 5.74) is 3.14. The van der Waals surface area contributed by atoms with E-state index >= 15 is 0 Å². The van der Waals surface area contributed by atoms with E-state index in [9.17, 15) is 0 Å². The molecule has 4 heteroatoms. The van der Waals surface area contributed by atoms with Crippen LogP contribution in [0.5, 0.6) is 6.01 Å². The molecule has 0 saturated carbocycles. The highest BCUT2D eigenvalue weighted by molar-refractivity contribution is 5.29. The van der Waals surface area contributed by atoms with Gasteiger partial charge >= 0.3 is 6.01 Å². The summed E-state index contributed by atoms with van der Waals surface area (Å²) in [7, 11) is 1.59. The Kier molecular flexibility index (Phi) is 2.37. The standard InChI is InChI=1S/C10H14N2O2/c1-6-4-14-5-8-7(2)11-10(13-3)12-9(6)8/h6H,4-5H2,1-3H3. The van der Waals surface area contributed by atoms with Crippen molar-refractivity contribution in [1.29, 1.82) is 0 Å². The maximum Gasteiger partial charge on any atom is 0.316 e. The van der Waals surface area contributed by atoms with Gasteiger partial charge in [-0.25, -0.2) is 4.98 Å². The molecule has 1 aromatic rings. The van der Waals surface area contributed by atoms with Gasteiger partial charge in [0.05, 0.1) is 31.7 Å². The molecule has 2 rings (SSSR count). The fourth-order valence-electron chi connectivity index (χ4n) is 1.69. The Morgan fingerprint density at radius 2 is 2.21 bits per heavy atom. The van der Waals surface area contributed by atoms with Crippen molar-refractivity contribution in [3.63, 3.8) is 0 Å². The molecule has 76 valence electrons. The van der Waals surface area contributed by atoms with Crippen molar-refractivity contribution >= 4 is 0 Å². The largest absolute Gasteiger partial charge is 0.467 e. The molecule has 0 fully saturated rings. The molecule has 0 bridgehead atoms. The predicted octanol–water partition coefficient (Wildman–Crippen LogP) is 1.43. The van der Waals surface area contributed by atoms with Crippen molar-refractivity contribution in [3.05, 3.63) is 17.0 Å². The highest BCUT2D eigenvalue weighted by atomic mass is 16.5. The Balaban J connectivity index is 2.51. The van der Waals surface area contributed by atoms with E-state index in [1.54, 1.807) is 7.11 Å². The molecule has 0 aliphatic carbocycles. The molecule has 14 heavy (non-hydrogen) atoms. The van der Waals surface area contributed by atoms with E-state index in [0.29, 0.717) is 18.5 Å². The molecular weight excluding hydrogens is 180 g/mol. The van der Waals surface area contributed by atoms with Gasteiger partial charge in [-0.05, 0) is 6.92 Å². The zero-order valence-electron chi connectivity index (χ0n) is 8.70. The highest BCUT2D eigenvalue weighted by Gasteiger charge is 2.21. The number of hydrogen-bond donors (Lipinski definition) is 0. The van der Waals surface area contributed by atoms with Crippen LogP contribution in [-0.2, 0) is 11.3 Å². The van der Waals surface area contributed by atoms with Crippen LogP contribution in [0.25, 0.3) is 0 Å². The van der Waals surface area contributed by atoms with E-state index in [-0.39, 0.29) is 0 Å². The molecule has 0 radical (unpaired) electrons. The second-order valence-corrected chi connectivity index (χ2v) is 3.58. The zero-order chi connectivity index (χ0) is 10.1. The van der Waals surface area contributed by atoms with E-state index < -0.39 is 0 Å². The number of nitrogens with zero attached hydrogens (tertiary/aromatic N) is 2. The van der Waals surface area contributed by atoms with Crippen LogP contribution in [0.4, 0.5) is 0 Å². The molecule has 1 aliphatic rings. The Morgan fingerprint density at radius 1 is 1.43 bits per heavy atom. The molecule has 0 saturated heterocycles. The number of ether oxygens (including phenoxy) is 2. The lowest BCUT2D eigenvalue weighted by Crippen LogP contribution is -2.18. The third-order valence-electron chi connectivity index (χ3n) is 2.49. The summed E-state index contributed by atoms with van der Waals surface area (Å²) in [6.45, 7) is 5.41. The average Bonchev–Trinajstić information content (AvgIpc) is 2.19. The first-order valence-electron chi connectivity index (χ1n) is 4.71. The molecular formula is C10H14N2O2. The first kappa shape index (κ1) is 9.40. The average molecular weight is 194 g/mol. The number of rotatable bonds is 1. The monoisotopic (exact) mass is 194 g/mol. The van der Waals surface area contributed by atoms with Gasteiger partial charge in [0.15, 0.2) is 0 Å². The van der Waals surface area contributed by atoms with Gasteiger partial charge in [-0.2, -0.15) is 4.98 Å². The quantitative estimate of drug-likeness (QED) is 0.678. The van der Waals surface area contributed by atoms with Gasteiger partial charge in [-0.15, -0.1) is 0 Å². The topological polar surface area (TPSA) is 44.2 Å². The summed E-state index contributed by atoms with van der Waals surface area (Å²) < 4.78 is 10.5. The van der Waals surface area contributed by atoms with Crippen LogP contribution in [0.15, 0.2) is 0 Å². The maximum atomic E-state index is 5.44. The van der Waals surface area contributed by atoms with Crippen LogP contribution >= 0.6 is 0 Å². The van der Waals surface area contributed by atoms with E-state index in [0.717, 1.165) is 23.6 Å². The van der Waals surface area contributed by atoms with Crippen molar-refractivity contribution in [1.82, 2.24) is 9.97 Å². The molecule has 1 atom stereocenters. The summed E-state index contributed by atoms with van der Waals surface area (Å²) in [6.07, 6.45) is 0. The molecule has 0 amide bonds. The van der Waals surface area contributed by atoms with Gasteiger partial charge in [0.2, 0.25) is 0 Å². The van der Waals surface area contributed by atoms with Crippen LogP contribution in [0.2, 0.25) is 0 Å². The van der Waals surface area contributed by atoms with Crippen molar-refractivity contribution in [2.24, 2.45) is 0 Å². The normalized spacial score (nSPS) is 20.4. The van der Waals surface area contributed by atoms with Gasteiger partial charge in [-0.1, -0.05) is 6.92 Å². The SMILES string of the molecule is COc1nc(C)c2c(n1)C(C)COC2. The van der Waals surface area contributed by atoms with Crippen LogP contribution in [0, 0.1) is 6.92 Å². The third-order valence-corrected chi connectivity index (χ3v) is 2.49. The highest BCUT2D eigenvalue weighted by Crippen LogP contribution is 2.27. The molecule has 0 spiro atoms. The summed E-state index contributed by atoms with van der Waals surface area (Å²) >= 11 is 0. The summed E-state index contributed by atoms with van der Waals surface area (Å²) in [4.78, 5) is 8.59. The third kappa shape index (κ3) is 1.46. The number of aromatic nitrogens is 2. The van der Waals surface area contributed by atoms with Gasteiger partial charge in [-0.3, -0.25) is 0 Å². The fourth-order valence-corrected chi connectivity index (χ4v) is 1.69. The predicted molar refractivity (Wildman–Crippen MR) is 51.4 cm³/mol. The van der Waals surface area contributed by atoms with E-state index in [1.807, 2.05) is 6.92 Å². The van der Waals surface area contributed by atoms with Gasteiger partial charge in [0.1, 0.15) is 0 Å². The van der Waals surface area contributed by atoms with Crippen LogP contribution in [0.3, 0.4) is 0 Å². The van der Waals surface area contributed by atoms with Crippen molar-refractivity contribution in [3.8, 4) is 6.01 Å². The molecule has 2 heterocycles. The first-order valence-corrected chi connectivity index (χ1v) is 4.71. The molecule has 0 N–H and O–H groups in total. The molecule has 4 nitrogen and oxygen atoms in total. The minimum absolute atomic E-state index is 0.328. The van der Waals surface area contributed by atoms with Crippen molar-refractivity contribution in [2.45, 2.75) is 26.4 Å². The van der Waals surface area contributed by atoms with Crippen molar-refractivity contribution < 1.29 is 9.47 Å². The van der Waals surface area contributed by atoms with Crippen LogP contribution in [0.1, 0.15) is 29.8 Å². The lowest BCUT2D eigenvalue weighted by molar-refractivity contribution is 0.0917. The smallest absolute Gasteiger partial charge is 0.316 e. The molecule has 1 unspecified atom stereocenters. The maximum absolute atomic E-state index is 5.44. The first-order chi connectivity index (χ1) is 6.72. The summed E-state index contributed by atoms with van der Waals surface area (Å²) in [6, 6.07) is 0.454. The Labute approximate surface area is 83.3 Å². The minimum atomic E-state index is 0.328. The van der Waals surface area contributed by atoms with E-state index in [2.05, 4.69) is 16.9 Å². The van der Waals surface area contributed by atoms with Crippen molar-refractivity contribution in [2.75, 3.05) is 13.7 Å². The second-order valence-electron chi connectivity index (χ2n) is 3.58. The lowest BCUT2D eigenvalue weighted by Gasteiger charge is -2.22. The van der Waals surface area contributed by atoms with Crippen LogP contribution in [-0.4, -0.2) is 23.7 Å². The number of aryl methyl sites for hydroxylation is 1. The Bertz CT molecular complexity index is 352. The number of hydrogen-bond acceptors (Lipinski definition) is 4. The number of methoxy groups -OCH3 is 1. The number of fused-ring (bicyclic) bond motifs is 1.